The zero-order chi connectivity index (χ0) is 15.6. The first-order valence-corrected chi connectivity index (χ1v) is 7.88. The Morgan fingerprint density at radius 3 is 2.74 bits per heavy atom. The summed E-state index contributed by atoms with van der Waals surface area (Å²) < 4.78 is 0. The number of H-pyrrole nitrogens is 1. The highest BCUT2D eigenvalue weighted by Crippen LogP contribution is 2.31. The molecule has 3 aromatic rings. The van der Waals surface area contributed by atoms with E-state index in [9.17, 15) is 4.79 Å². The number of nitrogens with zero attached hydrogens (tertiary/aromatic N) is 2. The van der Waals surface area contributed by atoms with Crippen molar-refractivity contribution in [2.45, 2.75) is 18.9 Å². The fraction of sp³-hybridized carbons (Fsp3) is 0.222. The lowest BCUT2D eigenvalue weighted by molar-refractivity contribution is 0.205. The Morgan fingerprint density at radius 1 is 1.13 bits per heavy atom. The zero-order valence-electron chi connectivity index (χ0n) is 12.7. The van der Waals surface area contributed by atoms with Gasteiger partial charge in [0, 0.05) is 12.2 Å². The highest BCUT2D eigenvalue weighted by Gasteiger charge is 2.32. The number of rotatable bonds is 2. The van der Waals surface area contributed by atoms with E-state index in [-0.39, 0.29) is 12.1 Å². The smallest absolute Gasteiger partial charge is 0.322 e. The molecule has 0 aliphatic carbocycles. The van der Waals surface area contributed by atoms with Crippen LogP contribution < -0.4 is 5.32 Å². The monoisotopic (exact) mass is 306 g/mol. The predicted molar refractivity (Wildman–Crippen MR) is 90.2 cm³/mol. The fourth-order valence-electron chi connectivity index (χ4n) is 3.14. The first-order valence-electron chi connectivity index (χ1n) is 7.88. The quantitative estimate of drug-likeness (QED) is 0.753. The molecule has 0 bridgehead atoms. The number of imidazole rings is 1. The van der Waals surface area contributed by atoms with Crippen LogP contribution in [0.1, 0.15) is 24.7 Å². The molecule has 0 radical (unpaired) electrons. The molecule has 1 aromatic heterocycles. The van der Waals surface area contributed by atoms with Gasteiger partial charge >= 0.3 is 6.03 Å². The van der Waals surface area contributed by atoms with Crippen LogP contribution in [0, 0.1) is 0 Å². The Balaban J connectivity index is 1.57. The van der Waals surface area contributed by atoms with E-state index in [1.807, 2.05) is 59.5 Å². The van der Waals surface area contributed by atoms with Crippen LogP contribution in [0.2, 0.25) is 0 Å². The molecule has 0 saturated carbocycles. The van der Waals surface area contributed by atoms with Crippen molar-refractivity contribution in [1.82, 2.24) is 14.9 Å². The molecule has 1 unspecified atom stereocenters. The number of anilines is 1. The second-order valence-corrected chi connectivity index (χ2v) is 5.79. The molecule has 2 amide bonds. The average Bonchev–Trinajstić information content (AvgIpc) is 3.22. The van der Waals surface area contributed by atoms with Crippen molar-refractivity contribution in [1.29, 1.82) is 0 Å². The largest absolute Gasteiger partial charge is 0.340 e. The van der Waals surface area contributed by atoms with Crippen LogP contribution in [0.25, 0.3) is 11.0 Å². The van der Waals surface area contributed by atoms with Gasteiger partial charge in [0.15, 0.2) is 0 Å². The van der Waals surface area contributed by atoms with Gasteiger partial charge in [0.25, 0.3) is 0 Å². The van der Waals surface area contributed by atoms with Crippen molar-refractivity contribution in [2.24, 2.45) is 0 Å². The fourth-order valence-corrected chi connectivity index (χ4v) is 3.14. The molecule has 23 heavy (non-hydrogen) atoms. The Morgan fingerprint density at radius 2 is 1.91 bits per heavy atom. The summed E-state index contributed by atoms with van der Waals surface area (Å²) in [6, 6.07) is 17.4. The van der Waals surface area contributed by atoms with E-state index < -0.39 is 0 Å². The van der Waals surface area contributed by atoms with E-state index in [4.69, 9.17) is 0 Å². The third-order valence-corrected chi connectivity index (χ3v) is 4.26. The van der Waals surface area contributed by atoms with Crippen LogP contribution in [-0.4, -0.2) is 27.4 Å². The van der Waals surface area contributed by atoms with Gasteiger partial charge in [-0.15, -0.1) is 0 Å². The summed E-state index contributed by atoms with van der Waals surface area (Å²) in [7, 11) is 0. The number of para-hydroxylation sites is 3. The van der Waals surface area contributed by atoms with Gasteiger partial charge < -0.3 is 15.2 Å². The van der Waals surface area contributed by atoms with Gasteiger partial charge in [-0.2, -0.15) is 0 Å². The van der Waals surface area contributed by atoms with E-state index in [2.05, 4.69) is 15.3 Å². The number of hydrogen-bond acceptors (Lipinski definition) is 2. The number of carbonyl (C=O) groups is 1. The lowest BCUT2D eigenvalue weighted by Crippen LogP contribution is -2.34. The summed E-state index contributed by atoms with van der Waals surface area (Å²) in [5.41, 5.74) is 2.77. The lowest BCUT2D eigenvalue weighted by atomic mass is 10.2. The van der Waals surface area contributed by atoms with E-state index in [0.717, 1.165) is 41.9 Å². The molecule has 0 spiro atoms. The first-order chi connectivity index (χ1) is 11.3. The number of aromatic nitrogens is 2. The van der Waals surface area contributed by atoms with Gasteiger partial charge in [0.2, 0.25) is 0 Å². The predicted octanol–water partition coefficient (Wildman–Crippen LogP) is 3.93. The number of amides is 2. The molecule has 1 saturated heterocycles. The highest BCUT2D eigenvalue weighted by molar-refractivity contribution is 5.89. The Kier molecular flexibility index (Phi) is 3.46. The summed E-state index contributed by atoms with van der Waals surface area (Å²) in [5.74, 6) is 0.868. The van der Waals surface area contributed by atoms with Crippen molar-refractivity contribution in [3.05, 3.63) is 60.4 Å². The van der Waals surface area contributed by atoms with E-state index in [1.165, 1.54) is 0 Å². The minimum atomic E-state index is -0.0702. The molecule has 2 heterocycles. The topological polar surface area (TPSA) is 61.0 Å². The van der Waals surface area contributed by atoms with Crippen LogP contribution in [0.5, 0.6) is 0 Å². The molecular formula is C18H18N4O. The normalized spacial score (nSPS) is 17.6. The van der Waals surface area contributed by atoms with Gasteiger partial charge in [0.1, 0.15) is 5.82 Å². The minimum Gasteiger partial charge on any atom is -0.340 e. The van der Waals surface area contributed by atoms with Crippen LogP contribution in [0.4, 0.5) is 10.5 Å². The number of carbonyl (C=O) groups excluding carboxylic acids is 1. The Hall–Kier alpha value is -2.82. The Bertz CT molecular complexity index is 794. The number of urea groups is 1. The minimum absolute atomic E-state index is 0.00566. The molecule has 1 fully saturated rings. The van der Waals surface area contributed by atoms with Gasteiger partial charge in [-0.05, 0) is 37.1 Å². The van der Waals surface area contributed by atoms with E-state index >= 15 is 0 Å². The summed E-state index contributed by atoms with van der Waals surface area (Å²) in [6.07, 6.45) is 1.92. The second-order valence-electron chi connectivity index (χ2n) is 5.79. The second kappa shape index (κ2) is 5.76. The maximum absolute atomic E-state index is 12.6. The summed E-state index contributed by atoms with van der Waals surface area (Å²) in [4.78, 5) is 22.5. The molecule has 4 rings (SSSR count). The molecule has 1 aliphatic heterocycles. The van der Waals surface area contributed by atoms with E-state index in [0.29, 0.717) is 0 Å². The van der Waals surface area contributed by atoms with Gasteiger partial charge in [-0.25, -0.2) is 9.78 Å². The van der Waals surface area contributed by atoms with Crippen molar-refractivity contribution >= 4 is 22.8 Å². The summed E-state index contributed by atoms with van der Waals surface area (Å²) >= 11 is 0. The number of likely N-dealkylation sites (tertiary alicyclic amines) is 1. The van der Waals surface area contributed by atoms with Crippen molar-refractivity contribution in [3.8, 4) is 0 Å². The summed E-state index contributed by atoms with van der Waals surface area (Å²) in [6.45, 7) is 0.750. The van der Waals surface area contributed by atoms with Crippen LogP contribution in [0.15, 0.2) is 54.6 Å². The molecular weight excluding hydrogens is 288 g/mol. The maximum Gasteiger partial charge on any atom is 0.322 e. The van der Waals surface area contributed by atoms with Crippen molar-refractivity contribution in [3.63, 3.8) is 0 Å². The van der Waals surface area contributed by atoms with Gasteiger partial charge in [0.05, 0.1) is 17.1 Å². The van der Waals surface area contributed by atoms with Crippen molar-refractivity contribution in [2.75, 3.05) is 11.9 Å². The molecule has 5 heteroatoms. The molecule has 1 atom stereocenters. The number of aromatic amines is 1. The van der Waals surface area contributed by atoms with Crippen LogP contribution in [0.3, 0.4) is 0 Å². The standard InChI is InChI=1S/C18H18N4O/c23-18(19-13-7-2-1-3-8-13)22-12-6-11-16(22)17-20-14-9-4-5-10-15(14)21-17/h1-5,7-10,16H,6,11-12H2,(H,19,23)(H,20,21). The molecule has 5 nitrogen and oxygen atoms in total. The number of fused-ring (bicyclic) bond motifs is 1. The van der Waals surface area contributed by atoms with Gasteiger partial charge in [-0.3, -0.25) is 0 Å². The Labute approximate surface area is 134 Å². The first kappa shape index (κ1) is 13.8. The van der Waals surface area contributed by atoms with E-state index in [1.54, 1.807) is 0 Å². The molecule has 116 valence electrons. The molecule has 2 aromatic carbocycles. The number of hydrogen-bond donors (Lipinski definition) is 2. The zero-order valence-corrected chi connectivity index (χ0v) is 12.7. The third-order valence-electron chi connectivity index (χ3n) is 4.26. The number of nitrogens with one attached hydrogen (secondary N) is 2. The SMILES string of the molecule is O=C(Nc1ccccc1)N1CCCC1c1nc2ccccc2[nH]1. The number of benzene rings is 2. The lowest BCUT2D eigenvalue weighted by Gasteiger charge is -2.23. The summed E-state index contributed by atoms with van der Waals surface area (Å²) in [5, 5.41) is 2.96. The highest BCUT2D eigenvalue weighted by atomic mass is 16.2. The van der Waals surface area contributed by atoms with Crippen molar-refractivity contribution < 1.29 is 4.79 Å². The van der Waals surface area contributed by atoms with Crippen LogP contribution in [-0.2, 0) is 0 Å². The molecule has 1 aliphatic rings. The molecule has 2 N–H and O–H groups in total. The van der Waals surface area contributed by atoms with Crippen LogP contribution >= 0.6 is 0 Å². The third kappa shape index (κ3) is 2.65. The maximum atomic E-state index is 12.6. The van der Waals surface area contributed by atoms with Gasteiger partial charge in [-0.1, -0.05) is 30.3 Å². The average molecular weight is 306 g/mol.